The summed E-state index contributed by atoms with van der Waals surface area (Å²) in [6.45, 7) is -0.843. The maximum Gasteiger partial charge on any atom is 0.481 e. The van der Waals surface area contributed by atoms with E-state index in [0.29, 0.717) is 0 Å². The van der Waals surface area contributed by atoms with E-state index in [4.69, 9.17) is 9.63 Å². The minimum Gasteiger partial charge on any atom is -0.387 e. The van der Waals surface area contributed by atoms with Gasteiger partial charge in [0.25, 0.3) is 5.56 Å². The first kappa shape index (κ1) is 21.1. The molecule has 1 aliphatic heterocycles. The maximum atomic E-state index is 11.7. The summed E-state index contributed by atoms with van der Waals surface area (Å²) >= 11 is 0. The molecule has 0 bridgehead atoms. The SMILES string of the molecule is COP(=O)(O)OP(=O)(O)OC[C@H]1O[C@@H](n2ccc(=O)[nH]c2=O)[C@H](O)[C@@H]1O. The third-order valence-corrected chi connectivity index (χ3v) is 5.89. The molecule has 2 unspecified atom stereocenters. The summed E-state index contributed by atoms with van der Waals surface area (Å²) < 4.78 is 41.0. The summed E-state index contributed by atoms with van der Waals surface area (Å²) in [6.07, 6.45) is -5.11. The predicted octanol–water partition coefficient (Wildman–Crippen LogP) is -1.96. The number of aromatic nitrogens is 2. The lowest BCUT2D eigenvalue weighted by molar-refractivity contribution is -0.0542. The zero-order valence-corrected chi connectivity index (χ0v) is 14.9. The Bertz CT molecular complexity index is 851. The average Bonchev–Trinajstić information content (AvgIpc) is 2.80. The van der Waals surface area contributed by atoms with Gasteiger partial charge in [0, 0.05) is 19.4 Å². The Labute approximate surface area is 144 Å². The van der Waals surface area contributed by atoms with Gasteiger partial charge in [-0.2, -0.15) is 4.31 Å². The van der Waals surface area contributed by atoms with Gasteiger partial charge in [-0.05, 0) is 0 Å². The van der Waals surface area contributed by atoms with Gasteiger partial charge >= 0.3 is 21.3 Å². The van der Waals surface area contributed by atoms with Crippen LogP contribution in [0.5, 0.6) is 0 Å². The second-order valence-corrected chi connectivity index (χ2v) is 8.21. The third kappa shape index (κ3) is 4.96. The number of hydrogen-bond donors (Lipinski definition) is 5. The van der Waals surface area contributed by atoms with E-state index in [-0.39, 0.29) is 0 Å². The Morgan fingerprint density at radius 1 is 1.23 bits per heavy atom. The van der Waals surface area contributed by atoms with Crippen molar-refractivity contribution < 1.29 is 47.2 Å². The predicted molar refractivity (Wildman–Crippen MR) is 80.9 cm³/mol. The van der Waals surface area contributed by atoms with E-state index < -0.39 is 58.0 Å². The van der Waals surface area contributed by atoms with Crippen molar-refractivity contribution in [3.8, 4) is 0 Å². The second kappa shape index (κ2) is 7.82. The number of aromatic amines is 1. The van der Waals surface area contributed by atoms with Gasteiger partial charge in [-0.1, -0.05) is 0 Å². The van der Waals surface area contributed by atoms with Gasteiger partial charge < -0.3 is 24.7 Å². The summed E-state index contributed by atoms with van der Waals surface area (Å²) in [6, 6.07) is 0.979. The summed E-state index contributed by atoms with van der Waals surface area (Å²) in [4.78, 5) is 43.1. The van der Waals surface area contributed by atoms with Crippen LogP contribution in [0, 0.1) is 0 Å². The monoisotopic (exact) mass is 418 g/mol. The van der Waals surface area contributed by atoms with E-state index in [2.05, 4.69) is 13.4 Å². The number of phosphoric ester groups is 2. The summed E-state index contributed by atoms with van der Waals surface area (Å²) in [7, 11) is -9.13. The van der Waals surface area contributed by atoms with Gasteiger partial charge in [0.1, 0.15) is 18.3 Å². The fourth-order valence-corrected chi connectivity index (χ4v) is 3.91. The highest BCUT2D eigenvalue weighted by Crippen LogP contribution is 2.60. The highest BCUT2D eigenvalue weighted by atomic mass is 31.3. The zero-order valence-electron chi connectivity index (χ0n) is 13.1. The maximum absolute atomic E-state index is 11.7. The molecule has 2 heterocycles. The zero-order chi connectivity index (χ0) is 19.7. The lowest BCUT2D eigenvalue weighted by Crippen LogP contribution is -2.37. The van der Waals surface area contributed by atoms with Gasteiger partial charge in [0.05, 0.1) is 6.61 Å². The first-order valence-corrected chi connectivity index (χ1v) is 9.85. The molecular weight excluding hydrogens is 402 g/mol. The minimum absolute atomic E-state index is 0.691. The number of aliphatic hydroxyl groups excluding tert-OH is 2. The molecule has 1 aliphatic rings. The third-order valence-electron chi connectivity index (χ3n) is 3.30. The molecule has 2 rings (SSSR count). The fraction of sp³-hybridized carbons (Fsp3) is 0.600. The van der Waals surface area contributed by atoms with Crippen molar-refractivity contribution in [2.45, 2.75) is 24.5 Å². The van der Waals surface area contributed by atoms with E-state index >= 15 is 0 Å². The highest BCUT2D eigenvalue weighted by molar-refractivity contribution is 7.61. The van der Waals surface area contributed by atoms with Gasteiger partial charge in [0.2, 0.25) is 0 Å². The molecule has 1 fully saturated rings. The molecule has 16 heteroatoms. The average molecular weight is 418 g/mol. The lowest BCUT2D eigenvalue weighted by Gasteiger charge is -2.18. The number of rotatable bonds is 7. The van der Waals surface area contributed by atoms with Crippen molar-refractivity contribution in [2.24, 2.45) is 0 Å². The summed E-state index contributed by atoms with van der Waals surface area (Å²) in [5.41, 5.74) is -1.61. The minimum atomic E-state index is -5.06. The first-order valence-electron chi connectivity index (χ1n) is 6.86. The van der Waals surface area contributed by atoms with E-state index in [9.17, 15) is 33.8 Å². The molecule has 0 amide bonds. The van der Waals surface area contributed by atoms with Crippen molar-refractivity contribution in [1.29, 1.82) is 0 Å². The molecule has 1 aromatic heterocycles. The smallest absolute Gasteiger partial charge is 0.387 e. The van der Waals surface area contributed by atoms with Crippen LogP contribution in [0.3, 0.4) is 0 Å². The quantitative estimate of drug-likeness (QED) is 0.306. The van der Waals surface area contributed by atoms with Crippen LogP contribution in [0.25, 0.3) is 0 Å². The van der Waals surface area contributed by atoms with Crippen LogP contribution in [0.1, 0.15) is 6.23 Å². The van der Waals surface area contributed by atoms with Gasteiger partial charge in [0.15, 0.2) is 6.23 Å². The van der Waals surface area contributed by atoms with E-state index in [1.165, 1.54) is 0 Å². The Balaban J connectivity index is 2.08. The van der Waals surface area contributed by atoms with Crippen LogP contribution in [0.4, 0.5) is 0 Å². The number of hydrogen-bond acceptors (Lipinski definition) is 10. The first-order chi connectivity index (χ1) is 12.0. The molecule has 0 saturated carbocycles. The Kier molecular flexibility index (Phi) is 6.36. The second-order valence-electron chi connectivity index (χ2n) is 5.06. The number of ether oxygens (including phenoxy) is 1. The standard InChI is InChI=1S/C10H16N2O12P2/c1-21-25(17,18)24-26(19,20)22-4-5-7(14)8(15)9(23-5)12-3-2-6(13)11-10(12)16/h2-3,5,7-9,14-15H,4H2,1H3,(H,17,18)(H,19,20)(H,11,13,16)/t5-,7-,8-,9-/m1/s1. The topological polar surface area (TPSA) is 207 Å². The Morgan fingerprint density at radius 3 is 2.46 bits per heavy atom. The number of phosphoric acid groups is 2. The van der Waals surface area contributed by atoms with Gasteiger partial charge in [-0.15, -0.1) is 0 Å². The largest absolute Gasteiger partial charge is 0.481 e. The highest BCUT2D eigenvalue weighted by Gasteiger charge is 2.45. The van der Waals surface area contributed by atoms with E-state index in [1.807, 2.05) is 4.98 Å². The van der Waals surface area contributed by atoms with Crippen LogP contribution >= 0.6 is 15.6 Å². The number of aliphatic hydroxyl groups is 2. The van der Waals surface area contributed by atoms with Crippen LogP contribution in [-0.2, 0) is 27.2 Å². The van der Waals surface area contributed by atoms with E-state index in [1.54, 1.807) is 0 Å². The van der Waals surface area contributed by atoms with Crippen molar-refractivity contribution in [1.82, 2.24) is 9.55 Å². The number of H-pyrrole nitrogens is 1. The number of nitrogens with one attached hydrogen (secondary N) is 1. The Morgan fingerprint density at radius 2 is 1.88 bits per heavy atom. The van der Waals surface area contributed by atoms with Gasteiger partial charge in [-0.25, -0.2) is 13.9 Å². The molecule has 0 aromatic carbocycles. The van der Waals surface area contributed by atoms with Crippen molar-refractivity contribution in [3.05, 3.63) is 33.1 Å². The van der Waals surface area contributed by atoms with E-state index in [0.717, 1.165) is 23.9 Å². The van der Waals surface area contributed by atoms with Crippen molar-refractivity contribution in [3.63, 3.8) is 0 Å². The lowest BCUT2D eigenvalue weighted by atomic mass is 10.1. The summed E-state index contributed by atoms with van der Waals surface area (Å²) in [5, 5.41) is 19.9. The van der Waals surface area contributed by atoms with Gasteiger partial charge in [-0.3, -0.25) is 23.4 Å². The number of nitrogens with zero attached hydrogens (tertiary/aromatic N) is 1. The molecule has 1 aromatic rings. The van der Waals surface area contributed by atoms with Crippen LogP contribution in [0.2, 0.25) is 0 Å². The van der Waals surface area contributed by atoms with Crippen LogP contribution in [-0.4, -0.2) is 61.6 Å². The van der Waals surface area contributed by atoms with Crippen molar-refractivity contribution in [2.75, 3.05) is 13.7 Å². The van der Waals surface area contributed by atoms with Crippen LogP contribution < -0.4 is 11.2 Å². The summed E-state index contributed by atoms with van der Waals surface area (Å²) in [5.74, 6) is 0. The molecular formula is C10H16N2O12P2. The molecule has 26 heavy (non-hydrogen) atoms. The molecule has 5 N–H and O–H groups in total. The molecule has 1 saturated heterocycles. The molecule has 0 spiro atoms. The normalized spacial score (nSPS) is 30.7. The molecule has 0 radical (unpaired) electrons. The molecule has 0 aliphatic carbocycles. The molecule has 148 valence electrons. The molecule has 6 atom stereocenters. The molecule has 14 nitrogen and oxygen atoms in total. The van der Waals surface area contributed by atoms with Crippen molar-refractivity contribution >= 4 is 15.6 Å². The fourth-order valence-electron chi connectivity index (χ4n) is 2.08. The Hall–Kier alpha value is -1.18. The van der Waals surface area contributed by atoms with Crippen LogP contribution in [0.15, 0.2) is 21.9 Å².